The summed E-state index contributed by atoms with van der Waals surface area (Å²) in [5, 5.41) is 12.2. The molecule has 8 heteroatoms. The molecule has 7 nitrogen and oxygen atoms in total. The van der Waals surface area contributed by atoms with Gasteiger partial charge in [-0.3, -0.25) is 9.59 Å². The third kappa shape index (κ3) is 4.81. The molecule has 0 radical (unpaired) electrons. The van der Waals surface area contributed by atoms with Crippen molar-refractivity contribution in [2.24, 2.45) is 12.8 Å². The Morgan fingerprint density at radius 2 is 2.08 bits per heavy atom. The smallest absolute Gasteiger partial charge is 0.254 e. The molecule has 2 rings (SSSR count). The average molecular weight is 402 g/mol. The number of nitrogens with one attached hydrogen (secondary N) is 1. The van der Waals surface area contributed by atoms with Crippen LogP contribution in [0.3, 0.4) is 0 Å². The van der Waals surface area contributed by atoms with Crippen molar-refractivity contribution in [1.82, 2.24) is 9.88 Å². The highest BCUT2D eigenvalue weighted by molar-refractivity contribution is 9.10. The summed E-state index contributed by atoms with van der Waals surface area (Å²) in [5.74, 6) is 0.213. The summed E-state index contributed by atoms with van der Waals surface area (Å²) in [7, 11) is 1.68. The summed E-state index contributed by atoms with van der Waals surface area (Å²) < 4.78 is 8.14. The van der Waals surface area contributed by atoms with E-state index in [1.807, 2.05) is 0 Å². The molecule has 1 aliphatic carbocycles. The molecule has 1 heterocycles. The number of rotatable bonds is 5. The number of carbonyl (C=O) groups excluding carboxylic acids is 1. The predicted molar refractivity (Wildman–Crippen MR) is 93.9 cm³/mol. The van der Waals surface area contributed by atoms with Crippen molar-refractivity contribution in [3.63, 3.8) is 0 Å². The first-order valence-corrected chi connectivity index (χ1v) is 8.84. The van der Waals surface area contributed by atoms with Crippen LogP contribution in [0.1, 0.15) is 32.6 Å². The van der Waals surface area contributed by atoms with E-state index in [9.17, 15) is 14.7 Å². The zero-order valence-electron chi connectivity index (χ0n) is 13.9. The summed E-state index contributed by atoms with van der Waals surface area (Å²) >= 11 is 3.40. The summed E-state index contributed by atoms with van der Waals surface area (Å²) in [6.07, 6.45) is 3.90. The number of aliphatic hydroxyl groups excluding tert-OH is 1. The number of hydrogen-bond donors (Lipinski definition) is 3. The third-order valence-electron chi connectivity index (χ3n) is 4.28. The van der Waals surface area contributed by atoms with Gasteiger partial charge < -0.3 is 25.5 Å². The van der Waals surface area contributed by atoms with Gasteiger partial charge in [0.2, 0.25) is 5.91 Å². The topological polar surface area (TPSA) is 107 Å². The maximum absolute atomic E-state index is 11.9. The number of ether oxygens (including phenoxy) is 1. The molecule has 1 fully saturated rings. The Morgan fingerprint density at radius 1 is 1.46 bits per heavy atom. The molecule has 24 heavy (non-hydrogen) atoms. The fourth-order valence-corrected chi connectivity index (χ4v) is 3.21. The second-order valence-electron chi connectivity index (χ2n) is 6.30. The Labute approximate surface area is 149 Å². The van der Waals surface area contributed by atoms with Crippen molar-refractivity contribution in [2.75, 3.05) is 0 Å². The Morgan fingerprint density at radius 3 is 2.67 bits per heavy atom. The highest BCUT2D eigenvalue weighted by Crippen LogP contribution is 2.28. The van der Waals surface area contributed by atoms with Crippen LogP contribution in [-0.4, -0.2) is 39.9 Å². The zero-order valence-corrected chi connectivity index (χ0v) is 15.5. The maximum Gasteiger partial charge on any atom is 0.254 e. The summed E-state index contributed by atoms with van der Waals surface area (Å²) in [6.45, 7) is 1.50. The van der Waals surface area contributed by atoms with Gasteiger partial charge in [-0.1, -0.05) is 0 Å². The number of aliphatic hydroxyl groups is 1. The standard InChI is InChI=1S/C16H24BrN3O4/c1-9(21)15(18)16(23)19-10-3-5-11(6-4-10)24-13-7-14(22)20(2)8-12(13)17/h7-11,15,21H,3-6,18H2,1-2H3,(H,19,23). The average Bonchev–Trinajstić information content (AvgIpc) is 2.53. The molecule has 0 saturated heterocycles. The van der Waals surface area contributed by atoms with Crippen molar-refractivity contribution in [1.29, 1.82) is 0 Å². The molecular weight excluding hydrogens is 378 g/mol. The van der Waals surface area contributed by atoms with E-state index in [0.29, 0.717) is 5.75 Å². The minimum absolute atomic E-state index is 0.00648. The van der Waals surface area contributed by atoms with E-state index in [1.165, 1.54) is 17.6 Å². The van der Waals surface area contributed by atoms with Crippen LogP contribution in [0.4, 0.5) is 0 Å². The second-order valence-corrected chi connectivity index (χ2v) is 7.16. The Hall–Kier alpha value is -1.38. The van der Waals surface area contributed by atoms with Crippen LogP contribution >= 0.6 is 15.9 Å². The molecule has 2 atom stereocenters. The second kappa shape index (κ2) is 8.13. The number of pyridine rings is 1. The summed E-state index contributed by atoms with van der Waals surface area (Å²) in [5.41, 5.74) is 5.50. The molecule has 0 spiro atoms. The van der Waals surface area contributed by atoms with Crippen LogP contribution in [0.5, 0.6) is 5.75 Å². The largest absolute Gasteiger partial charge is 0.489 e. The quantitative estimate of drug-likeness (QED) is 0.671. The molecule has 4 N–H and O–H groups in total. The van der Waals surface area contributed by atoms with Gasteiger partial charge in [-0.05, 0) is 48.5 Å². The lowest BCUT2D eigenvalue weighted by atomic mass is 9.92. The van der Waals surface area contributed by atoms with Crippen LogP contribution in [0.2, 0.25) is 0 Å². The van der Waals surface area contributed by atoms with Gasteiger partial charge in [0, 0.05) is 25.4 Å². The molecule has 1 aromatic rings. The Bertz CT molecular complexity index is 639. The van der Waals surface area contributed by atoms with E-state index in [0.717, 1.165) is 30.2 Å². The summed E-state index contributed by atoms with van der Waals surface area (Å²) in [6, 6.07) is 0.601. The first-order chi connectivity index (χ1) is 11.3. The number of halogens is 1. The Kier molecular flexibility index (Phi) is 6.42. The van der Waals surface area contributed by atoms with Gasteiger partial charge >= 0.3 is 0 Å². The van der Waals surface area contributed by atoms with E-state index >= 15 is 0 Å². The number of aryl methyl sites for hydroxylation is 1. The molecular formula is C16H24BrN3O4. The molecule has 1 saturated carbocycles. The number of hydrogen-bond acceptors (Lipinski definition) is 5. The lowest BCUT2D eigenvalue weighted by molar-refractivity contribution is -0.125. The first kappa shape index (κ1) is 19.0. The number of nitrogens with two attached hydrogens (primary N) is 1. The van der Waals surface area contributed by atoms with E-state index in [4.69, 9.17) is 10.5 Å². The molecule has 0 aromatic carbocycles. The van der Waals surface area contributed by atoms with Gasteiger partial charge in [0.15, 0.2) is 0 Å². The summed E-state index contributed by atoms with van der Waals surface area (Å²) in [4.78, 5) is 23.6. The van der Waals surface area contributed by atoms with Crippen LogP contribution in [0, 0.1) is 0 Å². The fraction of sp³-hybridized carbons (Fsp3) is 0.625. The van der Waals surface area contributed by atoms with Gasteiger partial charge in [0.25, 0.3) is 5.56 Å². The SMILES string of the molecule is CC(O)C(N)C(=O)NC1CCC(Oc2cc(=O)n(C)cc2Br)CC1. The minimum Gasteiger partial charge on any atom is -0.489 e. The molecule has 1 amide bonds. The molecule has 0 aliphatic heterocycles. The number of carbonyl (C=O) groups is 1. The van der Waals surface area contributed by atoms with Gasteiger partial charge in [0.1, 0.15) is 11.8 Å². The highest BCUT2D eigenvalue weighted by atomic mass is 79.9. The van der Waals surface area contributed by atoms with Crippen LogP contribution in [0.15, 0.2) is 21.5 Å². The molecule has 1 aliphatic rings. The lowest BCUT2D eigenvalue weighted by Gasteiger charge is -2.30. The van der Waals surface area contributed by atoms with Gasteiger partial charge in [0.05, 0.1) is 16.7 Å². The van der Waals surface area contributed by atoms with Crippen molar-refractivity contribution < 1.29 is 14.6 Å². The monoisotopic (exact) mass is 401 g/mol. The zero-order chi connectivity index (χ0) is 17.9. The normalized spacial score (nSPS) is 23.4. The molecule has 2 unspecified atom stereocenters. The third-order valence-corrected chi connectivity index (χ3v) is 4.88. The lowest BCUT2D eigenvalue weighted by Crippen LogP contribution is -2.51. The number of nitrogens with zero attached hydrogens (tertiary/aromatic N) is 1. The first-order valence-electron chi connectivity index (χ1n) is 8.04. The van der Waals surface area contributed by atoms with Crippen molar-refractivity contribution >= 4 is 21.8 Å². The van der Waals surface area contributed by atoms with Crippen LogP contribution < -0.4 is 21.3 Å². The van der Waals surface area contributed by atoms with Crippen LogP contribution in [-0.2, 0) is 11.8 Å². The van der Waals surface area contributed by atoms with Gasteiger partial charge in [-0.2, -0.15) is 0 Å². The molecule has 134 valence electrons. The van der Waals surface area contributed by atoms with Crippen LogP contribution in [0.25, 0.3) is 0 Å². The number of aromatic nitrogens is 1. The van der Waals surface area contributed by atoms with E-state index in [-0.39, 0.29) is 23.6 Å². The number of amides is 1. The van der Waals surface area contributed by atoms with Crippen molar-refractivity contribution in [3.05, 3.63) is 27.1 Å². The molecule has 0 bridgehead atoms. The molecule has 1 aromatic heterocycles. The van der Waals surface area contributed by atoms with Gasteiger partial charge in [-0.25, -0.2) is 0 Å². The van der Waals surface area contributed by atoms with Crippen molar-refractivity contribution in [2.45, 2.75) is 56.9 Å². The van der Waals surface area contributed by atoms with Crippen molar-refractivity contribution in [3.8, 4) is 5.75 Å². The van der Waals surface area contributed by atoms with E-state index < -0.39 is 12.1 Å². The maximum atomic E-state index is 11.9. The highest BCUT2D eigenvalue weighted by Gasteiger charge is 2.27. The predicted octanol–water partition coefficient (Wildman–Crippen LogP) is 0.662. The van der Waals surface area contributed by atoms with Gasteiger partial charge in [-0.15, -0.1) is 0 Å². The van der Waals surface area contributed by atoms with E-state index in [2.05, 4.69) is 21.2 Å². The minimum atomic E-state index is -0.907. The Balaban J connectivity index is 1.86. The van der Waals surface area contributed by atoms with E-state index in [1.54, 1.807) is 13.2 Å². The fourth-order valence-electron chi connectivity index (χ4n) is 2.69.